The minimum atomic E-state index is 0.826. The molecule has 2 rings (SSSR count). The van der Waals surface area contributed by atoms with Crippen molar-refractivity contribution in [2.75, 3.05) is 6.54 Å². The summed E-state index contributed by atoms with van der Waals surface area (Å²) < 4.78 is 0. The van der Waals surface area contributed by atoms with Crippen LogP contribution >= 0.6 is 0 Å². The van der Waals surface area contributed by atoms with Crippen LogP contribution in [-0.2, 0) is 0 Å². The third-order valence-corrected chi connectivity index (χ3v) is 4.84. The molecule has 2 aliphatic heterocycles. The summed E-state index contributed by atoms with van der Waals surface area (Å²) in [6.45, 7) is 8.27. The molecule has 2 heteroatoms. The minimum absolute atomic E-state index is 0.826. The topological polar surface area (TPSA) is 15.3 Å². The summed E-state index contributed by atoms with van der Waals surface area (Å²) in [7, 11) is 0. The first-order valence-corrected chi connectivity index (χ1v) is 7.80. The molecule has 0 spiro atoms. The van der Waals surface area contributed by atoms with Gasteiger partial charge in [-0.05, 0) is 45.1 Å². The third kappa shape index (κ3) is 3.03. The standard InChI is InChI=1S/C15H30N2/c1-4-7-14(5-2)17(6-3)15-10-12-8-9-13(11-15)16-12/h12-16H,4-11H2,1-3H3. The highest BCUT2D eigenvalue weighted by molar-refractivity contribution is 4.96. The van der Waals surface area contributed by atoms with Crippen LogP contribution in [0.4, 0.5) is 0 Å². The van der Waals surface area contributed by atoms with E-state index in [-0.39, 0.29) is 0 Å². The first kappa shape index (κ1) is 13.4. The summed E-state index contributed by atoms with van der Waals surface area (Å²) in [6, 6.07) is 3.33. The molecule has 0 aromatic rings. The first-order valence-electron chi connectivity index (χ1n) is 7.80. The number of nitrogens with one attached hydrogen (secondary N) is 1. The summed E-state index contributed by atoms with van der Waals surface area (Å²) in [5, 5.41) is 3.76. The van der Waals surface area contributed by atoms with Crippen molar-refractivity contribution in [2.45, 2.75) is 89.9 Å². The fourth-order valence-corrected chi connectivity index (χ4v) is 4.05. The molecule has 2 nitrogen and oxygen atoms in total. The number of piperidine rings is 1. The molecule has 1 N–H and O–H groups in total. The highest BCUT2D eigenvalue weighted by atomic mass is 15.2. The van der Waals surface area contributed by atoms with E-state index in [1.807, 2.05) is 0 Å². The van der Waals surface area contributed by atoms with E-state index in [0.29, 0.717) is 0 Å². The Morgan fingerprint density at radius 1 is 1.12 bits per heavy atom. The average molecular weight is 238 g/mol. The van der Waals surface area contributed by atoms with E-state index >= 15 is 0 Å². The summed E-state index contributed by atoms with van der Waals surface area (Å²) in [4.78, 5) is 2.82. The van der Waals surface area contributed by atoms with Crippen LogP contribution in [0.5, 0.6) is 0 Å². The molecule has 0 amide bonds. The third-order valence-electron chi connectivity index (χ3n) is 4.84. The van der Waals surface area contributed by atoms with Crippen LogP contribution in [0.3, 0.4) is 0 Å². The Hall–Kier alpha value is -0.0800. The zero-order valence-corrected chi connectivity index (χ0v) is 11.9. The summed E-state index contributed by atoms with van der Waals surface area (Å²) in [5.74, 6) is 0. The lowest BCUT2D eigenvalue weighted by Crippen LogP contribution is -2.51. The molecule has 0 aromatic heterocycles. The molecule has 3 unspecified atom stereocenters. The van der Waals surface area contributed by atoms with Crippen molar-refractivity contribution in [3.8, 4) is 0 Å². The van der Waals surface area contributed by atoms with Crippen molar-refractivity contribution in [2.24, 2.45) is 0 Å². The number of nitrogens with zero attached hydrogens (tertiary/aromatic N) is 1. The SMILES string of the molecule is CCCC(CC)N(CC)C1CC2CCC(C1)N2. The number of hydrogen-bond acceptors (Lipinski definition) is 2. The number of hydrogen-bond donors (Lipinski definition) is 1. The van der Waals surface area contributed by atoms with Crippen molar-refractivity contribution in [3.63, 3.8) is 0 Å². The fraction of sp³-hybridized carbons (Fsp3) is 1.00. The predicted octanol–water partition coefficient (Wildman–Crippen LogP) is 3.17. The average Bonchev–Trinajstić information content (AvgIpc) is 2.68. The fourth-order valence-electron chi connectivity index (χ4n) is 4.05. The van der Waals surface area contributed by atoms with Crippen LogP contribution < -0.4 is 5.32 Å². The number of fused-ring (bicyclic) bond motifs is 2. The van der Waals surface area contributed by atoms with Crippen LogP contribution in [0.15, 0.2) is 0 Å². The van der Waals surface area contributed by atoms with Gasteiger partial charge in [-0.25, -0.2) is 0 Å². The zero-order valence-electron chi connectivity index (χ0n) is 11.9. The van der Waals surface area contributed by atoms with Gasteiger partial charge in [0.1, 0.15) is 0 Å². The van der Waals surface area contributed by atoms with Gasteiger partial charge in [0.15, 0.2) is 0 Å². The molecule has 2 aliphatic rings. The van der Waals surface area contributed by atoms with Gasteiger partial charge in [0.25, 0.3) is 0 Å². The minimum Gasteiger partial charge on any atom is -0.311 e. The molecule has 0 aliphatic carbocycles. The van der Waals surface area contributed by atoms with E-state index < -0.39 is 0 Å². The van der Waals surface area contributed by atoms with Gasteiger partial charge in [-0.1, -0.05) is 27.2 Å². The van der Waals surface area contributed by atoms with Gasteiger partial charge in [-0.15, -0.1) is 0 Å². The molecule has 0 aromatic carbocycles. The van der Waals surface area contributed by atoms with Gasteiger partial charge in [-0.3, -0.25) is 4.90 Å². The maximum absolute atomic E-state index is 3.76. The Morgan fingerprint density at radius 3 is 2.24 bits per heavy atom. The van der Waals surface area contributed by atoms with Crippen LogP contribution in [-0.4, -0.2) is 35.6 Å². The molecule has 100 valence electrons. The zero-order chi connectivity index (χ0) is 12.3. The second-order valence-corrected chi connectivity index (χ2v) is 5.94. The van der Waals surface area contributed by atoms with Gasteiger partial charge in [0, 0.05) is 24.2 Å². The predicted molar refractivity (Wildman–Crippen MR) is 74.3 cm³/mol. The molecule has 2 heterocycles. The molecule has 0 radical (unpaired) electrons. The first-order chi connectivity index (χ1) is 8.28. The van der Waals surface area contributed by atoms with Gasteiger partial charge < -0.3 is 5.32 Å². The molecule has 2 saturated heterocycles. The lowest BCUT2D eigenvalue weighted by atomic mass is 9.95. The van der Waals surface area contributed by atoms with Gasteiger partial charge in [-0.2, -0.15) is 0 Å². The summed E-state index contributed by atoms with van der Waals surface area (Å²) in [6.07, 6.45) is 9.65. The second kappa shape index (κ2) is 6.19. The Labute approximate surface area is 107 Å². The molecular formula is C15H30N2. The van der Waals surface area contributed by atoms with E-state index in [1.54, 1.807) is 0 Å². The Bertz CT molecular complexity index is 217. The molecule has 0 saturated carbocycles. The molecule has 2 bridgehead atoms. The monoisotopic (exact) mass is 238 g/mol. The van der Waals surface area contributed by atoms with Crippen molar-refractivity contribution < 1.29 is 0 Å². The Morgan fingerprint density at radius 2 is 1.76 bits per heavy atom. The van der Waals surface area contributed by atoms with Gasteiger partial charge in [0.2, 0.25) is 0 Å². The van der Waals surface area contributed by atoms with Gasteiger partial charge >= 0.3 is 0 Å². The molecule has 2 fully saturated rings. The molecule has 3 atom stereocenters. The second-order valence-electron chi connectivity index (χ2n) is 5.94. The Balaban J connectivity index is 1.97. The van der Waals surface area contributed by atoms with Crippen molar-refractivity contribution in [1.82, 2.24) is 10.2 Å². The van der Waals surface area contributed by atoms with E-state index in [4.69, 9.17) is 0 Å². The summed E-state index contributed by atoms with van der Waals surface area (Å²) in [5.41, 5.74) is 0. The smallest absolute Gasteiger partial charge is 0.0128 e. The van der Waals surface area contributed by atoms with Crippen LogP contribution in [0.2, 0.25) is 0 Å². The van der Waals surface area contributed by atoms with E-state index in [2.05, 4.69) is 31.0 Å². The molecule has 17 heavy (non-hydrogen) atoms. The highest BCUT2D eigenvalue weighted by Crippen LogP contribution is 2.31. The van der Waals surface area contributed by atoms with Crippen LogP contribution in [0, 0.1) is 0 Å². The van der Waals surface area contributed by atoms with Crippen molar-refractivity contribution >= 4 is 0 Å². The van der Waals surface area contributed by atoms with E-state index in [9.17, 15) is 0 Å². The quantitative estimate of drug-likeness (QED) is 0.764. The maximum Gasteiger partial charge on any atom is 0.0128 e. The lowest BCUT2D eigenvalue weighted by molar-refractivity contribution is 0.0917. The molecular weight excluding hydrogens is 208 g/mol. The summed E-state index contributed by atoms with van der Waals surface area (Å²) >= 11 is 0. The van der Waals surface area contributed by atoms with Crippen LogP contribution in [0.1, 0.15) is 65.7 Å². The number of rotatable bonds is 6. The maximum atomic E-state index is 3.76. The van der Waals surface area contributed by atoms with Crippen molar-refractivity contribution in [1.29, 1.82) is 0 Å². The largest absolute Gasteiger partial charge is 0.311 e. The van der Waals surface area contributed by atoms with Crippen molar-refractivity contribution in [3.05, 3.63) is 0 Å². The van der Waals surface area contributed by atoms with E-state index in [1.165, 1.54) is 51.5 Å². The van der Waals surface area contributed by atoms with Gasteiger partial charge in [0.05, 0.1) is 0 Å². The Kier molecular flexibility index (Phi) is 4.87. The lowest BCUT2D eigenvalue weighted by Gasteiger charge is -2.41. The van der Waals surface area contributed by atoms with Crippen LogP contribution in [0.25, 0.3) is 0 Å². The van der Waals surface area contributed by atoms with E-state index in [0.717, 1.165) is 24.2 Å². The normalized spacial score (nSPS) is 34.2. The highest BCUT2D eigenvalue weighted by Gasteiger charge is 2.36.